The van der Waals surface area contributed by atoms with Gasteiger partial charge in [-0.2, -0.15) is 0 Å². The van der Waals surface area contributed by atoms with E-state index in [4.69, 9.17) is 48.1 Å². The van der Waals surface area contributed by atoms with E-state index in [9.17, 15) is 53.1 Å². The molecule has 5 N–H and O–H groups in total. The third-order valence-corrected chi connectivity index (χ3v) is 24.6. The fourth-order valence-corrected chi connectivity index (χ4v) is 17.9. The molecule has 7 aliphatic heterocycles. The van der Waals surface area contributed by atoms with Crippen LogP contribution in [0.25, 0.3) is 0 Å². The summed E-state index contributed by atoms with van der Waals surface area (Å²) in [5.74, 6) is -5.31. The molecule has 0 aromatic heterocycles. The zero-order chi connectivity index (χ0) is 103. The quantitative estimate of drug-likeness (QED) is 0.0218. The number of unbranched alkanes of at least 4 members (excludes halogenated alkanes) is 3. The number of aliphatic imine (C=N–C) groups is 3. The molecule has 4 amide bonds. The van der Waals surface area contributed by atoms with Crippen LogP contribution in [0.15, 0.2) is 106 Å². The summed E-state index contributed by atoms with van der Waals surface area (Å²) in [6, 6.07) is 0. The number of ether oxygens (including phenoxy) is 7. The number of fused-ring (bicyclic) bond motifs is 5. The van der Waals surface area contributed by atoms with E-state index < -0.39 is 100 Å². The van der Waals surface area contributed by atoms with Gasteiger partial charge in [-0.15, -0.1) is 0 Å². The molecule has 3 atom stereocenters. The fourth-order valence-electron chi connectivity index (χ4n) is 17.9. The number of rotatable bonds is 38. The van der Waals surface area contributed by atoms with E-state index in [1.165, 1.54) is 4.90 Å². The highest BCUT2D eigenvalue weighted by molar-refractivity contribution is 6.21. The number of aliphatic hydroxyl groups is 1. The lowest BCUT2D eigenvalue weighted by atomic mass is 9.86. The number of hydrogen-bond donors (Lipinski definition) is 5. The molecule has 3 fully saturated rings. The van der Waals surface area contributed by atoms with Crippen LogP contribution in [0, 0.1) is 11.8 Å². The predicted molar refractivity (Wildman–Crippen MR) is 537 cm³/mol. The van der Waals surface area contributed by atoms with Crippen molar-refractivity contribution in [1.82, 2.24) is 65.4 Å². The van der Waals surface area contributed by atoms with Crippen molar-refractivity contribution in [3.05, 3.63) is 91.5 Å². The summed E-state index contributed by atoms with van der Waals surface area (Å²) in [5, 5.41) is 24.7. The maximum atomic E-state index is 15.4. The first-order valence-corrected chi connectivity index (χ1v) is 50.3. The molecule has 7 heterocycles. The van der Waals surface area contributed by atoms with Gasteiger partial charge in [0, 0.05) is 190 Å². The molecule has 3 saturated heterocycles. The maximum Gasteiger partial charge on any atom is 0.320 e. The average Bonchev–Trinajstić information content (AvgIpc) is 1.58. The molecular formula is C104H166N16O19. The van der Waals surface area contributed by atoms with Crippen molar-refractivity contribution in [2.45, 2.75) is 277 Å². The Morgan fingerprint density at radius 2 is 0.835 bits per heavy atom. The second kappa shape index (κ2) is 52.0. The Bertz CT molecular complexity index is 4500. The van der Waals surface area contributed by atoms with Crippen LogP contribution < -0.4 is 21.3 Å². The van der Waals surface area contributed by atoms with Gasteiger partial charge in [0.2, 0.25) is 23.6 Å². The topological polar surface area (TPSA) is 387 Å². The minimum atomic E-state index is -0.761. The SMILES string of the molecule is CCCCCCOC(C)C1=C(C)C2=NC1=CC1=NC(=CC3=C(C)C4=C(O)CC(=C5NC(=C2)C(C)[C@@H]5CCC(=O)N(CC(=O)CCCNC(=O)CN2CCN(CC(=O)OC(C)(C)C)CCN(CC(=O)OC(C)(C)C)CCN(CC(=O)OC(C)(C)C)CC2)CC(=O)NCCNC(=O)CN2CCN(CC(=O)OC(C)(C)C)CCN(CC(=O)OC(C)(C)C)CCN(CC(=O)OC(C)(C)C)CC2)C4=N3)C(CC)=C1C. The number of Topliss-reactive ketones (excluding diaryl/α,β-unsaturated/α-hetero) is 1. The molecule has 0 radical (unpaired) electrons. The number of aliphatic hydroxyl groups excluding tert-OH is 1. The second-order valence-electron chi connectivity index (χ2n) is 43.8. The van der Waals surface area contributed by atoms with Gasteiger partial charge in [0.1, 0.15) is 39.4 Å². The molecule has 35 heteroatoms. The lowest BCUT2D eigenvalue weighted by molar-refractivity contribution is -0.158. The number of nitrogens with zero attached hydrogens (tertiary/aromatic N) is 12. The van der Waals surface area contributed by atoms with Gasteiger partial charge in [-0.3, -0.25) is 91.9 Å². The summed E-state index contributed by atoms with van der Waals surface area (Å²) in [6.07, 6.45) is 11.1. The van der Waals surface area contributed by atoms with E-state index in [0.717, 1.165) is 93.3 Å². The van der Waals surface area contributed by atoms with E-state index in [2.05, 4.69) is 75.0 Å². The van der Waals surface area contributed by atoms with Crippen LogP contribution in [0.2, 0.25) is 0 Å². The summed E-state index contributed by atoms with van der Waals surface area (Å²) in [5.41, 5.74) is 7.70. The highest BCUT2D eigenvalue weighted by Gasteiger charge is 2.43. The number of carbonyl (C=O) groups is 11. The molecule has 0 spiro atoms. The predicted octanol–water partition coefficient (Wildman–Crippen LogP) is 9.44. The average molecular weight is 1940 g/mol. The van der Waals surface area contributed by atoms with E-state index in [0.29, 0.717) is 135 Å². The van der Waals surface area contributed by atoms with Crippen LogP contribution in [0.1, 0.15) is 237 Å². The number of carbonyl (C=O) groups excluding carboxylic acids is 11. The lowest BCUT2D eigenvalue weighted by Gasteiger charge is -2.34. The molecule has 0 aromatic carbocycles. The highest BCUT2D eigenvalue weighted by atomic mass is 16.6. The summed E-state index contributed by atoms with van der Waals surface area (Å²) in [4.78, 5) is 186. The molecular weight excluding hydrogens is 1780 g/mol. The maximum absolute atomic E-state index is 15.4. The molecule has 139 heavy (non-hydrogen) atoms. The standard InChI is InChI=1S/C104H166N16O19/c1-26-28-29-30-54-133-73(7)95-71(5)80-56-79-70(4)76(97(110-79)77-55-84(122)96-72(6)81(111-98(77)96)57-82-75(27-2)69(3)78(108-82)58-83(95)109-80)33-34-88(126)120(59-74(121)32-31-35-105-85(123)60-112-38-42-114(63-89(127)134-99(8,9)10)46-50-118(67-93(131)138-103(20,21)22)51-47-115(43-39-112)64-90(128)135-100(11,12)13)62-87(125)107-37-36-106-86(124)61-113-40-44-116(65-91(129)136-101(14,15)16)48-52-119(68-94(132)139-104(23,24)25)53-49-117(45-41-113)66-92(130)137-102(17,18)19/h56-58,70,73,76,110,122H,26-55,59-68H2,1-25H3,(H,105,123)(H,106,124)(H,107,125)/t70?,73?,76-/m0/s1. The van der Waals surface area contributed by atoms with E-state index in [1.807, 2.05) is 52.2 Å². The molecule has 2 unspecified atom stereocenters. The molecule has 35 nitrogen and oxygen atoms in total. The first-order chi connectivity index (χ1) is 65.0. The lowest BCUT2D eigenvalue weighted by Crippen LogP contribution is -2.50. The van der Waals surface area contributed by atoms with Gasteiger partial charge in [-0.05, 0) is 219 Å². The summed E-state index contributed by atoms with van der Waals surface area (Å²) in [7, 11) is 0. The van der Waals surface area contributed by atoms with E-state index in [-0.39, 0.29) is 139 Å². The molecule has 8 bridgehead atoms. The normalized spacial score (nSPS) is 19.9. The first-order valence-electron chi connectivity index (χ1n) is 50.3. The number of ketones is 1. The van der Waals surface area contributed by atoms with Crippen LogP contribution >= 0.6 is 0 Å². The van der Waals surface area contributed by atoms with Gasteiger partial charge in [-0.25, -0.2) is 15.0 Å². The third kappa shape index (κ3) is 39.4. The largest absolute Gasteiger partial charge is 0.511 e. The number of nitrogens with one attached hydrogen (secondary N) is 4. The van der Waals surface area contributed by atoms with Crippen molar-refractivity contribution in [3.8, 4) is 0 Å². The molecule has 0 saturated carbocycles. The van der Waals surface area contributed by atoms with Crippen LogP contribution in [-0.4, -0.2) is 368 Å². The molecule has 776 valence electrons. The van der Waals surface area contributed by atoms with Gasteiger partial charge < -0.3 is 64.4 Å². The summed E-state index contributed by atoms with van der Waals surface area (Å²) in [6.45, 7) is 51.2. The molecule has 8 rings (SSSR count). The second-order valence-corrected chi connectivity index (χ2v) is 43.8. The van der Waals surface area contributed by atoms with Crippen molar-refractivity contribution in [1.29, 1.82) is 0 Å². The van der Waals surface area contributed by atoms with E-state index >= 15 is 4.79 Å². The van der Waals surface area contributed by atoms with Crippen molar-refractivity contribution in [2.75, 3.05) is 196 Å². The van der Waals surface area contributed by atoms with Crippen LogP contribution in [0.4, 0.5) is 0 Å². The number of amides is 4. The van der Waals surface area contributed by atoms with Crippen LogP contribution in [0.3, 0.4) is 0 Å². The Balaban J connectivity index is 1.03. The molecule has 0 aromatic rings. The van der Waals surface area contributed by atoms with Crippen molar-refractivity contribution < 1.29 is 91.0 Å². The van der Waals surface area contributed by atoms with Crippen molar-refractivity contribution >= 4 is 82.4 Å². The first kappa shape index (κ1) is 115. The van der Waals surface area contributed by atoms with Crippen molar-refractivity contribution in [2.24, 2.45) is 26.8 Å². The number of allylic oxidation sites excluding steroid dienone is 11. The van der Waals surface area contributed by atoms with Gasteiger partial charge in [0.25, 0.3) is 0 Å². The van der Waals surface area contributed by atoms with Crippen LogP contribution in [-0.2, 0) is 85.9 Å². The van der Waals surface area contributed by atoms with Gasteiger partial charge in [0.15, 0.2) is 5.78 Å². The Labute approximate surface area is 826 Å². The van der Waals surface area contributed by atoms with Gasteiger partial charge >= 0.3 is 35.8 Å². The summed E-state index contributed by atoms with van der Waals surface area (Å²) >= 11 is 0. The molecule has 1 aliphatic carbocycles. The monoisotopic (exact) mass is 1940 g/mol. The van der Waals surface area contributed by atoms with Gasteiger partial charge in [-0.1, -0.05) is 40.0 Å². The molecule has 8 aliphatic rings. The number of hydrogen-bond acceptors (Lipinski definition) is 31. The van der Waals surface area contributed by atoms with E-state index in [1.54, 1.807) is 125 Å². The Kier molecular flexibility index (Phi) is 42.9. The minimum absolute atomic E-state index is 0.0301. The Hall–Kier alpha value is -9.46. The van der Waals surface area contributed by atoms with Crippen LogP contribution in [0.5, 0.6) is 0 Å². The van der Waals surface area contributed by atoms with Gasteiger partial charge in [0.05, 0.1) is 106 Å². The Morgan fingerprint density at radius 1 is 0.453 bits per heavy atom. The third-order valence-electron chi connectivity index (χ3n) is 24.6. The fraction of sp³-hybridized carbons (Fsp3) is 0.712. The minimum Gasteiger partial charge on any atom is -0.511 e. The smallest absolute Gasteiger partial charge is 0.320 e. The number of esters is 6. The highest BCUT2D eigenvalue weighted by Crippen LogP contribution is 2.47. The zero-order valence-electron chi connectivity index (χ0n) is 88.4. The Morgan fingerprint density at radius 3 is 1.23 bits per heavy atom. The summed E-state index contributed by atoms with van der Waals surface area (Å²) < 4.78 is 41.2. The van der Waals surface area contributed by atoms with Crippen molar-refractivity contribution in [3.63, 3.8) is 0 Å². The zero-order valence-corrected chi connectivity index (χ0v) is 88.4.